The Morgan fingerprint density at radius 3 is 2.67 bits per heavy atom. The van der Waals surface area contributed by atoms with Gasteiger partial charge in [-0.05, 0) is 36.8 Å². The van der Waals surface area contributed by atoms with Gasteiger partial charge in [-0.3, -0.25) is 0 Å². The highest BCUT2D eigenvalue weighted by atomic mass is 35.5. The molecule has 0 amide bonds. The molecule has 1 nitrogen and oxygen atoms in total. The van der Waals surface area contributed by atoms with Crippen LogP contribution in [0, 0.1) is 5.41 Å². The van der Waals surface area contributed by atoms with Crippen molar-refractivity contribution in [3.8, 4) is 0 Å². The van der Waals surface area contributed by atoms with E-state index in [0.29, 0.717) is 11.5 Å². The molecule has 1 aromatic rings. The van der Waals surface area contributed by atoms with Crippen LogP contribution in [-0.4, -0.2) is 6.04 Å². The summed E-state index contributed by atoms with van der Waals surface area (Å²) in [6.45, 7) is 6.90. The summed E-state index contributed by atoms with van der Waals surface area (Å²) in [5, 5.41) is 3.74. The summed E-state index contributed by atoms with van der Waals surface area (Å²) in [7, 11) is 0. The second-order valence-electron chi connectivity index (χ2n) is 5.95. The van der Waals surface area contributed by atoms with E-state index < -0.39 is 0 Å². The van der Waals surface area contributed by atoms with Gasteiger partial charge in [0.2, 0.25) is 0 Å². The van der Waals surface area contributed by atoms with Crippen molar-refractivity contribution >= 4 is 34.5 Å². The minimum Gasteiger partial charge on any atom is -0.307 e. The first-order valence-corrected chi connectivity index (χ1v) is 8.18. The molecular formula is C14H21Cl2NS. The van der Waals surface area contributed by atoms with Crippen molar-refractivity contribution in [3.63, 3.8) is 0 Å². The van der Waals surface area contributed by atoms with Gasteiger partial charge in [0.1, 0.15) is 0 Å². The van der Waals surface area contributed by atoms with Crippen LogP contribution in [0.15, 0.2) is 6.07 Å². The highest BCUT2D eigenvalue weighted by molar-refractivity contribution is 7.20. The zero-order chi connectivity index (χ0) is 13.3. The molecule has 1 N–H and O–H groups in total. The van der Waals surface area contributed by atoms with Gasteiger partial charge in [0.25, 0.3) is 0 Å². The molecule has 18 heavy (non-hydrogen) atoms. The van der Waals surface area contributed by atoms with Crippen LogP contribution in [-0.2, 0) is 0 Å². The van der Waals surface area contributed by atoms with E-state index in [4.69, 9.17) is 23.2 Å². The molecule has 0 saturated heterocycles. The molecule has 4 heteroatoms. The minimum absolute atomic E-state index is 0.267. The molecule has 1 heterocycles. The lowest BCUT2D eigenvalue weighted by Gasteiger charge is -2.40. The molecule has 2 atom stereocenters. The molecular weight excluding hydrogens is 285 g/mol. The monoisotopic (exact) mass is 305 g/mol. The third-order valence-corrected chi connectivity index (χ3v) is 5.63. The Morgan fingerprint density at radius 2 is 2.11 bits per heavy atom. The lowest BCUT2D eigenvalue weighted by atomic mass is 9.73. The third kappa shape index (κ3) is 3.22. The fraction of sp³-hybridized carbons (Fsp3) is 0.714. The van der Waals surface area contributed by atoms with Crippen LogP contribution >= 0.6 is 34.5 Å². The average molecular weight is 306 g/mol. The first-order valence-electron chi connectivity index (χ1n) is 6.61. The molecule has 0 spiro atoms. The van der Waals surface area contributed by atoms with Crippen molar-refractivity contribution in [2.75, 3.05) is 0 Å². The molecule has 0 bridgehead atoms. The molecule has 1 aromatic heterocycles. The van der Waals surface area contributed by atoms with Crippen molar-refractivity contribution in [2.24, 2.45) is 5.41 Å². The van der Waals surface area contributed by atoms with E-state index in [-0.39, 0.29) is 6.04 Å². The van der Waals surface area contributed by atoms with E-state index in [9.17, 15) is 0 Å². The molecule has 2 rings (SSSR count). The van der Waals surface area contributed by atoms with Crippen molar-refractivity contribution in [2.45, 2.75) is 58.5 Å². The second kappa shape index (κ2) is 5.70. The Hall–Kier alpha value is 0.240. The van der Waals surface area contributed by atoms with Gasteiger partial charge in [0.05, 0.1) is 8.67 Å². The summed E-state index contributed by atoms with van der Waals surface area (Å²) in [5.74, 6) is 0. The van der Waals surface area contributed by atoms with Crippen molar-refractivity contribution < 1.29 is 0 Å². The standard InChI is InChI=1S/C14H21Cl2NS/c1-9(10-8-12(15)18-13(10)16)17-11-6-4-5-7-14(11,2)3/h8-9,11,17H,4-7H2,1-3H3. The molecule has 0 radical (unpaired) electrons. The van der Waals surface area contributed by atoms with Crippen LogP contribution in [0.1, 0.15) is 58.1 Å². The number of halogens is 2. The van der Waals surface area contributed by atoms with Crippen molar-refractivity contribution in [1.29, 1.82) is 0 Å². The smallest absolute Gasteiger partial charge is 0.0991 e. The molecule has 102 valence electrons. The summed E-state index contributed by atoms with van der Waals surface area (Å²) in [4.78, 5) is 0. The van der Waals surface area contributed by atoms with E-state index in [2.05, 4.69) is 26.1 Å². The van der Waals surface area contributed by atoms with E-state index in [1.54, 1.807) is 0 Å². The van der Waals surface area contributed by atoms with Crippen LogP contribution in [0.2, 0.25) is 8.67 Å². The third-order valence-electron chi connectivity index (χ3n) is 4.11. The topological polar surface area (TPSA) is 12.0 Å². The average Bonchev–Trinajstić information content (AvgIpc) is 2.61. The van der Waals surface area contributed by atoms with E-state index in [0.717, 1.165) is 14.2 Å². The predicted octanol–water partition coefficient (Wildman–Crippen LogP) is 5.67. The van der Waals surface area contributed by atoms with Crippen LogP contribution in [0.25, 0.3) is 0 Å². The Bertz CT molecular complexity index is 414. The van der Waals surface area contributed by atoms with Gasteiger partial charge < -0.3 is 5.32 Å². The number of rotatable bonds is 3. The van der Waals surface area contributed by atoms with Crippen LogP contribution in [0.3, 0.4) is 0 Å². The largest absolute Gasteiger partial charge is 0.307 e. The van der Waals surface area contributed by atoms with Gasteiger partial charge in [-0.2, -0.15) is 0 Å². The minimum atomic E-state index is 0.267. The van der Waals surface area contributed by atoms with E-state index >= 15 is 0 Å². The highest BCUT2D eigenvalue weighted by Gasteiger charge is 2.33. The van der Waals surface area contributed by atoms with Crippen molar-refractivity contribution in [3.05, 3.63) is 20.3 Å². The van der Waals surface area contributed by atoms with Gasteiger partial charge >= 0.3 is 0 Å². The SMILES string of the molecule is CC(NC1CCCCC1(C)C)c1cc(Cl)sc1Cl. The predicted molar refractivity (Wildman–Crippen MR) is 81.9 cm³/mol. The van der Waals surface area contributed by atoms with Crippen LogP contribution < -0.4 is 5.32 Å². The highest BCUT2D eigenvalue weighted by Crippen LogP contribution is 2.39. The maximum Gasteiger partial charge on any atom is 0.0991 e. The quantitative estimate of drug-likeness (QED) is 0.758. The maximum atomic E-state index is 6.22. The molecule has 0 aliphatic heterocycles. The zero-order valence-electron chi connectivity index (χ0n) is 11.2. The van der Waals surface area contributed by atoms with Gasteiger partial charge in [0, 0.05) is 12.1 Å². The summed E-state index contributed by atoms with van der Waals surface area (Å²) in [6.07, 6.45) is 5.23. The van der Waals surface area contributed by atoms with E-state index in [1.807, 2.05) is 6.07 Å². The lowest BCUT2D eigenvalue weighted by Crippen LogP contribution is -2.45. The Labute approximate surface area is 124 Å². The molecule has 1 aliphatic rings. The first kappa shape index (κ1) is 14.6. The summed E-state index contributed by atoms with van der Waals surface area (Å²) < 4.78 is 1.58. The summed E-state index contributed by atoms with van der Waals surface area (Å²) in [5.41, 5.74) is 1.51. The zero-order valence-corrected chi connectivity index (χ0v) is 13.6. The second-order valence-corrected chi connectivity index (χ2v) is 8.24. The summed E-state index contributed by atoms with van der Waals surface area (Å²) in [6, 6.07) is 2.82. The molecule has 1 saturated carbocycles. The molecule has 2 unspecified atom stereocenters. The lowest BCUT2D eigenvalue weighted by molar-refractivity contribution is 0.158. The number of hydrogen-bond acceptors (Lipinski definition) is 2. The van der Waals surface area contributed by atoms with Gasteiger partial charge in [-0.25, -0.2) is 0 Å². The van der Waals surface area contributed by atoms with Gasteiger partial charge in [-0.15, -0.1) is 11.3 Å². The Morgan fingerprint density at radius 1 is 1.39 bits per heavy atom. The summed E-state index contributed by atoms with van der Waals surface area (Å²) >= 11 is 13.7. The molecule has 1 fully saturated rings. The Kier molecular flexibility index (Phi) is 4.64. The Balaban J connectivity index is 2.06. The van der Waals surface area contributed by atoms with Gasteiger partial charge in [0.15, 0.2) is 0 Å². The fourth-order valence-corrected chi connectivity index (χ4v) is 4.49. The first-order chi connectivity index (χ1) is 8.40. The number of nitrogens with one attached hydrogen (secondary N) is 1. The van der Waals surface area contributed by atoms with Crippen LogP contribution in [0.4, 0.5) is 0 Å². The fourth-order valence-electron chi connectivity index (χ4n) is 2.84. The number of hydrogen-bond donors (Lipinski definition) is 1. The van der Waals surface area contributed by atoms with Crippen LogP contribution in [0.5, 0.6) is 0 Å². The molecule has 1 aliphatic carbocycles. The molecule has 0 aromatic carbocycles. The normalized spacial score (nSPS) is 25.1. The number of thiophene rings is 1. The van der Waals surface area contributed by atoms with Crippen molar-refractivity contribution in [1.82, 2.24) is 5.32 Å². The van der Waals surface area contributed by atoms with E-state index in [1.165, 1.54) is 37.0 Å². The van der Waals surface area contributed by atoms with Gasteiger partial charge in [-0.1, -0.05) is 49.9 Å². The maximum absolute atomic E-state index is 6.22.